The number of benzene rings is 3. The zero-order valence-corrected chi connectivity index (χ0v) is 18.6. The number of methoxy groups -OCH3 is 1. The van der Waals surface area contributed by atoms with Crippen LogP contribution in [0.15, 0.2) is 84.4 Å². The van der Waals surface area contributed by atoms with Crippen molar-refractivity contribution in [2.24, 2.45) is 0 Å². The average molecular weight is 461 g/mol. The summed E-state index contributed by atoms with van der Waals surface area (Å²) >= 11 is 0. The summed E-state index contributed by atoms with van der Waals surface area (Å²) in [5.74, 6) is -1.49. The van der Waals surface area contributed by atoms with Crippen LogP contribution >= 0.6 is 0 Å². The molecule has 0 saturated carbocycles. The molecule has 6 nitrogen and oxygen atoms in total. The van der Waals surface area contributed by atoms with Crippen LogP contribution in [0.1, 0.15) is 22.7 Å². The summed E-state index contributed by atoms with van der Waals surface area (Å²) in [6.07, 6.45) is 0. The Balaban J connectivity index is 1.70. The molecule has 0 bridgehead atoms. The van der Waals surface area contributed by atoms with E-state index in [1.54, 1.807) is 66.7 Å². The minimum absolute atomic E-state index is 0.0167. The maximum absolute atomic E-state index is 13.2. The SMILES string of the molecule is COCCN1C(=O)C(=O)/C(=C(\O)c2ccccc2)C1c1cccc(OCc2ccc(F)cc2)c1. The Bertz CT molecular complexity index is 1210. The van der Waals surface area contributed by atoms with Gasteiger partial charge >= 0.3 is 0 Å². The molecular formula is C27H24FNO5. The van der Waals surface area contributed by atoms with Gasteiger partial charge in [0.25, 0.3) is 11.7 Å². The smallest absolute Gasteiger partial charge is 0.295 e. The van der Waals surface area contributed by atoms with Crippen LogP contribution in [-0.4, -0.2) is 42.0 Å². The molecule has 0 spiro atoms. The van der Waals surface area contributed by atoms with E-state index in [0.717, 1.165) is 5.56 Å². The van der Waals surface area contributed by atoms with Crippen LogP contribution in [0.5, 0.6) is 5.75 Å². The summed E-state index contributed by atoms with van der Waals surface area (Å²) < 4.78 is 24.2. The number of aliphatic hydroxyl groups is 1. The number of amides is 1. The number of ketones is 1. The van der Waals surface area contributed by atoms with Gasteiger partial charge in [0.05, 0.1) is 18.2 Å². The van der Waals surface area contributed by atoms with Crippen molar-refractivity contribution in [2.75, 3.05) is 20.3 Å². The highest BCUT2D eigenvalue weighted by molar-refractivity contribution is 6.46. The standard InChI is InChI=1S/C27H24FNO5/c1-33-15-14-29-24(23(26(31)27(29)32)25(30)19-6-3-2-4-7-19)20-8-5-9-22(16-20)34-17-18-10-12-21(28)13-11-18/h2-13,16,24,30H,14-15,17H2,1H3/b25-23-. The molecule has 174 valence electrons. The van der Waals surface area contributed by atoms with Gasteiger partial charge in [-0.15, -0.1) is 0 Å². The molecule has 0 aliphatic carbocycles. The molecule has 1 unspecified atom stereocenters. The third-order valence-electron chi connectivity index (χ3n) is 5.62. The largest absolute Gasteiger partial charge is 0.507 e. The molecule has 4 rings (SSSR count). The normalized spacial score (nSPS) is 17.2. The monoisotopic (exact) mass is 461 g/mol. The molecule has 1 atom stereocenters. The minimum atomic E-state index is -0.801. The highest BCUT2D eigenvalue weighted by Gasteiger charge is 2.45. The van der Waals surface area contributed by atoms with E-state index in [1.165, 1.54) is 24.1 Å². The Kier molecular flexibility index (Phi) is 7.04. The van der Waals surface area contributed by atoms with Gasteiger partial charge in [0.2, 0.25) is 0 Å². The fourth-order valence-electron chi connectivity index (χ4n) is 3.92. The fourth-order valence-corrected chi connectivity index (χ4v) is 3.92. The van der Waals surface area contributed by atoms with Crippen molar-refractivity contribution in [2.45, 2.75) is 12.6 Å². The first-order valence-electron chi connectivity index (χ1n) is 10.8. The number of likely N-dealkylation sites (tertiary alicyclic amines) is 1. The lowest BCUT2D eigenvalue weighted by molar-refractivity contribution is -0.140. The predicted octanol–water partition coefficient (Wildman–Crippen LogP) is 4.47. The highest BCUT2D eigenvalue weighted by atomic mass is 19.1. The van der Waals surface area contributed by atoms with Crippen LogP contribution in [0.4, 0.5) is 4.39 Å². The van der Waals surface area contributed by atoms with Gasteiger partial charge in [-0.2, -0.15) is 0 Å². The molecule has 1 aliphatic heterocycles. The minimum Gasteiger partial charge on any atom is -0.507 e. The van der Waals surface area contributed by atoms with Crippen LogP contribution in [0.3, 0.4) is 0 Å². The lowest BCUT2D eigenvalue weighted by Gasteiger charge is -2.25. The van der Waals surface area contributed by atoms with Crippen molar-refractivity contribution < 1.29 is 28.6 Å². The highest BCUT2D eigenvalue weighted by Crippen LogP contribution is 2.40. The zero-order valence-electron chi connectivity index (χ0n) is 18.6. The van der Waals surface area contributed by atoms with Crippen LogP contribution in [0.25, 0.3) is 5.76 Å². The van der Waals surface area contributed by atoms with E-state index in [0.29, 0.717) is 16.9 Å². The molecule has 1 heterocycles. The summed E-state index contributed by atoms with van der Waals surface area (Å²) in [7, 11) is 1.51. The number of carbonyl (C=O) groups excluding carboxylic acids is 2. The van der Waals surface area contributed by atoms with E-state index < -0.39 is 17.7 Å². The molecule has 3 aromatic rings. The molecule has 1 fully saturated rings. The molecule has 0 aromatic heterocycles. The van der Waals surface area contributed by atoms with Gasteiger partial charge in [0.15, 0.2) is 0 Å². The number of Topliss-reactive ketones (excluding diaryl/α,β-unsaturated/α-hetero) is 1. The van der Waals surface area contributed by atoms with Crippen molar-refractivity contribution in [1.29, 1.82) is 0 Å². The summed E-state index contributed by atoms with van der Waals surface area (Å²) in [4.78, 5) is 27.3. The third kappa shape index (κ3) is 4.84. The summed E-state index contributed by atoms with van der Waals surface area (Å²) in [6.45, 7) is 0.630. The number of ether oxygens (including phenoxy) is 2. The van der Waals surface area contributed by atoms with E-state index in [9.17, 15) is 19.1 Å². The molecule has 34 heavy (non-hydrogen) atoms. The number of hydrogen-bond donors (Lipinski definition) is 1. The molecule has 1 aliphatic rings. The van der Waals surface area contributed by atoms with Crippen LogP contribution < -0.4 is 4.74 Å². The fraction of sp³-hybridized carbons (Fsp3) is 0.185. The number of carbonyl (C=O) groups is 2. The Morgan fingerprint density at radius 3 is 2.44 bits per heavy atom. The molecule has 7 heteroatoms. The molecule has 1 amide bonds. The second-order valence-corrected chi connectivity index (χ2v) is 7.84. The maximum Gasteiger partial charge on any atom is 0.295 e. The predicted molar refractivity (Wildman–Crippen MR) is 125 cm³/mol. The number of aliphatic hydroxyl groups excluding tert-OH is 1. The quantitative estimate of drug-likeness (QED) is 0.304. The van der Waals surface area contributed by atoms with Crippen LogP contribution in [-0.2, 0) is 20.9 Å². The van der Waals surface area contributed by atoms with E-state index in [2.05, 4.69) is 0 Å². The average Bonchev–Trinajstić information content (AvgIpc) is 3.12. The molecule has 0 radical (unpaired) electrons. The van der Waals surface area contributed by atoms with E-state index in [1.807, 2.05) is 0 Å². The van der Waals surface area contributed by atoms with Crippen molar-refractivity contribution in [1.82, 2.24) is 4.90 Å². The van der Waals surface area contributed by atoms with Crippen LogP contribution in [0, 0.1) is 5.82 Å². The molecule has 3 aromatic carbocycles. The molecule has 1 N–H and O–H groups in total. The number of hydrogen-bond acceptors (Lipinski definition) is 5. The Morgan fingerprint density at radius 2 is 1.74 bits per heavy atom. The van der Waals surface area contributed by atoms with Gasteiger partial charge in [0.1, 0.15) is 23.9 Å². The second kappa shape index (κ2) is 10.3. The number of rotatable bonds is 8. The van der Waals surface area contributed by atoms with Gasteiger partial charge in [0, 0.05) is 19.2 Å². The summed E-state index contributed by atoms with van der Waals surface area (Å²) in [5, 5.41) is 11.0. The summed E-state index contributed by atoms with van der Waals surface area (Å²) in [5.41, 5.74) is 1.87. The van der Waals surface area contributed by atoms with E-state index in [-0.39, 0.29) is 36.9 Å². The van der Waals surface area contributed by atoms with Gasteiger partial charge in [-0.1, -0.05) is 54.6 Å². The lowest BCUT2D eigenvalue weighted by Crippen LogP contribution is -2.32. The maximum atomic E-state index is 13.2. The van der Waals surface area contributed by atoms with Crippen molar-refractivity contribution >= 4 is 17.4 Å². The van der Waals surface area contributed by atoms with Gasteiger partial charge in [-0.05, 0) is 35.4 Å². The van der Waals surface area contributed by atoms with Crippen molar-refractivity contribution in [3.63, 3.8) is 0 Å². The van der Waals surface area contributed by atoms with Gasteiger partial charge < -0.3 is 19.5 Å². The number of nitrogens with zero attached hydrogens (tertiary/aromatic N) is 1. The third-order valence-corrected chi connectivity index (χ3v) is 5.62. The second-order valence-electron chi connectivity index (χ2n) is 7.84. The lowest BCUT2D eigenvalue weighted by atomic mass is 9.95. The Labute approximate surface area is 196 Å². The van der Waals surface area contributed by atoms with Gasteiger partial charge in [-0.3, -0.25) is 9.59 Å². The zero-order chi connectivity index (χ0) is 24.1. The molecule has 1 saturated heterocycles. The van der Waals surface area contributed by atoms with Crippen molar-refractivity contribution in [3.05, 3.63) is 107 Å². The Morgan fingerprint density at radius 1 is 1.00 bits per heavy atom. The molecular weight excluding hydrogens is 437 g/mol. The van der Waals surface area contributed by atoms with E-state index >= 15 is 0 Å². The van der Waals surface area contributed by atoms with Crippen molar-refractivity contribution in [3.8, 4) is 5.75 Å². The van der Waals surface area contributed by atoms with Gasteiger partial charge in [-0.25, -0.2) is 4.39 Å². The van der Waals surface area contributed by atoms with E-state index in [4.69, 9.17) is 9.47 Å². The first-order chi connectivity index (χ1) is 16.5. The first-order valence-corrected chi connectivity index (χ1v) is 10.8. The summed E-state index contributed by atoms with van der Waals surface area (Å²) in [6, 6.07) is 20.9. The number of halogens is 1. The first kappa shape index (κ1) is 23.2. The Hall–Kier alpha value is -3.97. The topological polar surface area (TPSA) is 76.1 Å². The van der Waals surface area contributed by atoms with Crippen LogP contribution in [0.2, 0.25) is 0 Å².